The molecule has 160 valence electrons. The molecule has 0 aliphatic carbocycles. The number of carbonyl (C=O) groups is 1. The molecule has 1 N–H and O–H groups in total. The summed E-state index contributed by atoms with van der Waals surface area (Å²) >= 11 is 0. The van der Waals surface area contributed by atoms with Gasteiger partial charge in [0.2, 0.25) is 0 Å². The van der Waals surface area contributed by atoms with Crippen molar-refractivity contribution in [3.8, 4) is 5.75 Å². The van der Waals surface area contributed by atoms with Crippen LogP contribution in [0.5, 0.6) is 5.75 Å². The van der Waals surface area contributed by atoms with Crippen molar-refractivity contribution in [2.45, 2.75) is 31.9 Å². The van der Waals surface area contributed by atoms with Crippen molar-refractivity contribution in [3.63, 3.8) is 0 Å². The number of piperidine rings is 1. The Hall–Kier alpha value is -3.25. The first kappa shape index (κ1) is 21.0. The van der Waals surface area contributed by atoms with Crippen LogP contribution in [0.3, 0.4) is 0 Å². The van der Waals surface area contributed by atoms with Gasteiger partial charge in [0.1, 0.15) is 11.9 Å². The number of nitrogens with one attached hydrogen (secondary N) is 1. The molecule has 2 aromatic heterocycles. The summed E-state index contributed by atoms with van der Waals surface area (Å²) < 4.78 is 6.19. The zero-order valence-electron chi connectivity index (χ0n) is 17.6. The monoisotopic (exact) mass is 416 g/mol. The van der Waals surface area contributed by atoms with E-state index in [1.165, 1.54) is 5.56 Å². The smallest absolute Gasteiger partial charge is 0.251 e. The number of carbonyl (C=O) groups excluding carboxylic acids is 1. The lowest BCUT2D eigenvalue weighted by Gasteiger charge is -2.32. The Bertz CT molecular complexity index is 958. The Morgan fingerprint density at radius 3 is 2.65 bits per heavy atom. The lowest BCUT2D eigenvalue weighted by atomic mass is 10.1. The summed E-state index contributed by atoms with van der Waals surface area (Å²) in [7, 11) is 0. The van der Waals surface area contributed by atoms with Crippen molar-refractivity contribution in [3.05, 3.63) is 90.0 Å². The van der Waals surface area contributed by atoms with Gasteiger partial charge in [0.25, 0.3) is 5.91 Å². The first-order valence-electron chi connectivity index (χ1n) is 10.8. The third kappa shape index (κ3) is 6.36. The van der Waals surface area contributed by atoms with E-state index in [2.05, 4.69) is 32.3 Å². The topological polar surface area (TPSA) is 67.3 Å². The van der Waals surface area contributed by atoms with E-state index in [1.807, 2.05) is 54.9 Å². The van der Waals surface area contributed by atoms with E-state index in [4.69, 9.17) is 4.74 Å². The summed E-state index contributed by atoms with van der Waals surface area (Å²) in [4.78, 5) is 23.3. The molecule has 3 aromatic rings. The summed E-state index contributed by atoms with van der Waals surface area (Å²) in [5, 5.41) is 2.96. The molecule has 0 radical (unpaired) electrons. The highest BCUT2D eigenvalue weighted by atomic mass is 16.5. The van der Waals surface area contributed by atoms with Crippen molar-refractivity contribution < 1.29 is 9.53 Å². The number of pyridine rings is 2. The molecule has 1 aliphatic rings. The standard InChI is InChI=1S/C25H28N4O2/c30-25(28-15-9-22-5-1-2-12-27-22)21-4-3-6-24(18-21)31-23-10-16-29(17-11-23)19-20-7-13-26-14-8-20/h1-8,12-14,18,23H,9-11,15-17,19H2,(H,28,30). The Balaban J connectivity index is 1.23. The van der Waals surface area contributed by atoms with Crippen LogP contribution in [-0.2, 0) is 13.0 Å². The highest BCUT2D eigenvalue weighted by Crippen LogP contribution is 2.21. The van der Waals surface area contributed by atoms with Crippen LogP contribution < -0.4 is 10.1 Å². The zero-order valence-corrected chi connectivity index (χ0v) is 17.6. The van der Waals surface area contributed by atoms with Crippen LogP contribution >= 0.6 is 0 Å². The number of ether oxygens (including phenoxy) is 1. The molecule has 0 unspecified atom stereocenters. The van der Waals surface area contributed by atoms with Crippen LogP contribution in [0.25, 0.3) is 0 Å². The minimum Gasteiger partial charge on any atom is -0.490 e. The van der Waals surface area contributed by atoms with Crippen LogP contribution in [-0.4, -0.2) is 46.5 Å². The fraction of sp³-hybridized carbons (Fsp3) is 0.320. The number of hydrogen-bond donors (Lipinski definition) is 1. The van der Waals surface area contributed by atoms with Gasteiger partial charge in [-0.15, -0.1) is 0 Å². The summed E-state index contributed by atoms with van der Waals surface area (Å²) in [6, 6.07) is 17.4. The Morgan fingerprint density at radius 1 is 1.03 bits per heavy atom. The molecule has 0 saturated carbocycles. The molecule has 1 aromatic carbocycles. The van der Waals surface area contributed by atoms with Gasteiger partial charge in [0.15, 0.2) is 0 Å². The highest BCUT2D eigenvalue weighted by molar-refractivity contribution is 5.94. The number of benzene rings is 1. The number of hydrogen-bond acceptors (Lipinski definition) is 5. The van der Waals surface area contributed by atoms with E-state index >= 15 is 0 Å². The molecular weight excluding hydrogens is 388 g/mol. The first-order chi connectivity index (χ1) is 15.3. The minimum atomic E-state index is -0.0893. The van der Waals surface area contributed by atoms with Gasteiger partial charge in [-0.2, -0.15) is 0 Å². The van der Waals surface area contributed by atoms with E-state index in [0.29, 0.717) is 18.5 Å². The average molecular weight is 417 g/mol. The maximum Gasteiger partial charge on any atom is 0.251 e. The molecule has 0 bridgehead atoms. The second-order valence-electron chi connectivity index (χ2n) is 7.80. The molecule has 1 aliphatic heterocycles. The van der Waals surface area contributed by atoms with Gasteiger partial charge in [-0.05, 0) is 60.9 Å². The summed E-state index contributed by atoms with van der Waals surface area (Å²) in [6.07, 6.45) is 8.29. The largest absolute Gasteiger partial charge is 0.490 e. The third-order valence-electron chi connectivity index (χ3n) is 5.48. The highest BCUT2D eigenvalue weighted by Gasteiger charge is 2.21. The van der Waals surface area contributed by atoms with E-state index in [9.17, 15) is 4.79 Å². The van der Waals surface area contributed by atoms with E-state index in [0.717, 1.165) is 43.9 Å². The minimum absolute atomic E-state index is 0.0893. The van der Waals surface area contributed by atoms with Gasteiger partial charge in [-0.1, -0.05) is 12.1 Å². The first-order valence-corrected chi connectivity index (χ1v) is 10.8. The predicted molar refractivity (Wildman–Crippen MR) is 120 cm³/mol. The molecule has 31 heavy (non-hydrogen) atoms. The summed E-state index contributed by atoms with van der Waals surface area (Å²) in [5.74, 6) is 0.665. The van der Waals surface area contributed by atoms with E-state index in [-0.39, 0.29) is 12.0 Å². The molecule has 1 amide bonds. The van der Waals surface area contributed by atoms with Crippen LogP contribution in [0.15, 0.2) is 73.2 Å². The Kier molecular flexibility index (Phi) is 7.24. The van der Waals surface area contributed by atoms with Crippen LogP contribution in [0, 0.1) is 0 Å². The van der Waals surface area contributed by atoms with Crippen LogP contribution in [0.1, 0.15) is 34.5 Å². The Morgan fingerprint density at radius 2 is 1.87 bits per heavy atom. The quantitative estimate of drug-likeness (QED) is 0.609. The summed E-state index contributed by atoms with van der Waals surface area (Å²) in [6.45, 7) is 3.50. The van der Waals surface area contributed by atoms with Gasteiger partial charge in [0, 0.05) is 62.4 Å². The van der Waals surface area contributed by atoms with Crippen LogP contribution in [0.2, 0.25) is 0 Å². The van der Waals surface area contributed by atoms with Gasteiger partial charge in [-0.25, -0.2) is 0 Å². The molecule has 6 nitrogen and oxygen atoms in total. The molecule has 0 atom stereocenters. The number of rotatable bonds is 8. The predicted octanol–water partition coefficient (Wildman–Crippen LogP) is 3.49. The molecule has 0 spiro atoms. The number of likely N-dealkylation sites (tertiary alicyclic amines) is 1. The molecule has 1 saturated heterocycles. The van der Waals surface area contributed by atoms with Crippen molar-refractivity contribution in [1.29, 1.82) is 0 Å². The SMILES string of the molecule is O=C(NCCc1ccccn1)c1cccc(OC2CCN(Cc3ccncc3)CC2)c1. The van der Waals surface area contributed by atoms with E-state index in [1.54, 1.807) is 6.20 Å². The van der Waals surface area contributed by atoms with Crippen LogP contribution in [0.4, 0.5) is 0 Å². The maximum absolute atomic E-state index is 12.5. The lowest BCUT2D eigenvalue weighted by molar-refractivity contribution is 0.0937. The number of nitrogens with zero attached hydrogens (tertiary/aromatic N) is 3. The van der Waals surface area contributed by atoms with Crippen molar-refractivity contribution in [1.82, 2.24) is 20.2 Å². The van der Waals surface area contributed by atoms with Crippen molar-refractivity contribution in [2.24, 2.45) is 0 Å². The molecule has 4 rings (SSSR count). The fourth-order valence-electron chi connectivity index (χ4n) is 3.79. The molecular formula is C25H28N4O2. The molecule has 3 heterocycles. The third-order valence-corrected chi connectivity index (χ3v) is 5.48. The number of amides is 1. The second kappa shape index (κ2) is 10.7. The lowest BCUT2D eigenvalue weighted by Crippen LogP contribution is -2.37. The average Bonchev–Trinajstić information content (AvgIpc) is 2.82. The van der Waals surface area contributed by atoms with Gasteiger partial charge in [0.05, 0.1) is 0 Å². The fourth-order valence-corrected chi connectivity index (χ4v) is 3.79. The normalized spacial score (nSPS) is 14.8. The second-order valence-corrected chi connectivity index (χ2v) is 7.80. The van der Waals surface area contributed by atoms with Crippen molar-refractivity contribution in [2.75, 3.05) is 19.6 Å². The van der Waals surface area contributed by atoms with E-state index < -0.39 is 0 Å². The molecule has 1 fully saturated rings. The maximum atomic E-state index is 12.5. The van der Waals surface area contributed by atoms with Gasteiger partial charge in [-0.3, -0.25) is 19.7 Å². The van der Waals surface area contributed by atoms with Crippen molar-refractivity contribution >= 4 is 5.91 Å². The van der Waals surface area contributed by atoms with Gasteiger partial charge >= 0.3 is 0 Å². The number of aromatic nitrogens is 2. The molecule has 6 heteroatoms. The zero-order chi connectivity index (χ0) is 21.3. The Labute approximate surface area is 183 Å². The summed E-state index contributed by atoms with van der Waals surface area (Å²) in [5.41, 5.74) is 2.87. The van der Waals surface area contributed by atoms with Gasteiger partial charge < -0.3 is 10.1 Å².